The van der Waals surface area contributed by atoms with Crippen molar-refractivity contribution in [3.05, 3.63) is 0 Å². The van der Waals surface area contributed by atoms with Crippen LogP contribution in [0.3, 0.4) is 0 Å². The van der Waals surface area contributed by atoms with E-state index in [1.54, 1.807) is 6.92 Å². The monoisotopic (exact) mass is 208 g/mol. The highest BCUT2D eigenvalue weighted by molar-refractivity contribution is 6.49. The largest absolute Gasteiger partial charge is 0.388 e. The first-order valence-electron chi connectivity index (χ1n) is 2.77. The molecule has 0 radical (unpaired) electrons. The molecule has 0 aliphatic carbocycles. The second-order valence-corrected chi connectivity index (χ2v) is 3.57. The van der Waals surface area contributed by atoms with E-state index >= 15 is 0 Å². The molecule has 0 bridgehead atoms. The molecule has 0 fully saturated rings. The van der Waals surface area contributed by atoms with Crippen molar-refractivity contribution in [2.75, 3.05) is 0 Å². The van der Waals surface area contributed by atoms with Crippen molar-refractivity contribution in [2.24, 2.45) is 0 Å². The third kappa shape index (κ3) is 2.42. The van der Waals surface area contributed by atoms with Crippen LogP contribution >= 0.6 is 34.8 Å². The molecule has 0 spiro atoms. The van der Waals surface area contributed by atoms with Crippen molar-refractivity contribution in [1.82, 2.24) is 0 Å². The van der Waals surface area contributed by atoms with Crippen LogP contribution in [0.15, 0.2) is 0 Å². The van der Waals surface area contributed by atoms with E-state index in [0.29, 0.717) is 0 Å². The fourth-order valence-corrected chi connectivity index (χ4v) is 0.863. The van der Waals surface area contributed by atoms with E-state index in [1.165, 1.54) is 0 Å². The Kier molecular flexibility index (Phi) is 4.26. The summed E-state index contributed by atoms with van der Waals surface area (Å²) >= 11 is 15.4. The van der Waals surface area contributed by atoms with Gasteiger partial charge in [-0.3, -0.25) is 0 Å². The lowest BCUT2D eigenvalue weighted by atomic mass is 10.2. The van der Waals surface area contributed by atoms with E-state index < -0.39 is 16.1 Å². The first-order chi connectivity index (χ1) is 4.42. The van der Waals surface area contributed by atoms with Gasteiger partial charge < -0.3 is 5.11 Å². The SMILES string of the molecule is CCC(O)C(F)(Cl)C(Cl)Cl. The number of aliphatic hydroxyl groups excluding tert-OH is 1. The number of alkyl halides is 4. The highest BCUT2D eigenvalue weighted by Gasteiger charge is 2.41. The summed E-state index contributed by atoms with van der Waals surface area (Å²) in [5, 5.41) is 6.45. The van der Waals surface area contributed by atoms with E-state index in [4.69, 9.17) is 39.9 Å². The molecule has 0 aromatic carbocycles. The summed E-state index contributed by atoms with van der Waals surface area (Å²) in [7, 11) is 0. The topological polar surface area (TPSA) is 20.2 Å². The van der Waals surface area contributed by atoms with Crippen molar-refractivity contribution in [2.45, 2.75) is 29.4 Å². The van der Waals surface area contributed by atoms with Gasteiger partial charge in [-0.05, 0) is 6.42 Å². The van der Waals surface area contributed by atoms with Gasteiger partial charge in [0.2, 0.25) is 5.13 Å². The lowest BCUT2D eigenvalue weighted by Gasteiger charge is -2.23. The van der Waals surface area contributed by atoms with Crippen molar-refractivity contribution < 1.29 is 9.50 Å². The summed E-state index contributed by atoms with van der Waals surface area (Å²) in [6, 6.07) is 0. The van der Waals surface area contributed by atoms with Gasteiger partial charge in [0, 0.05) is 0 Å². The molecular weight excluding hydrogens is 201 g/mol. The Balaban J connectivity index is 4.09. The maximum atomic E-state index is 12.9. The Bertz CT molecular complexity index is 107. The van der Waals surface area contributed by atoms with Crippen molar-refractivity contribution >= 4 is 34.8 Å². The molecule has 0 amide bonds. The highest BCUT2D eigenvalue weighted by atomic mass is 35.5. The zero-order valence-electron chi connectivity index (χ0n) is 5.32. The molecule has 1 nitrogen and oxygen atoms in total. The van der Waals surface area contributed by atoms with Crippen molar-refractivity contribution in [3.63, 3.8) is 0 Å². The first kappa shape index (κ1) is 10.8. The zero-order valence-corrected chi connectivity index (χ0v) is 7.59. The van der Waals surface area contributed by atoms with Crippen LogP contribution in [-0.4, -0.2) is 21.2 Å². The van der Waals surface area contributed by atoms with E-state index in [9.17, 15) is 4.39 Å². The van der Waals surface area contributed by atoms with Crippen molar-refractivity contribution in [1.29, 1.82) is 0 Å². The highest BCUT2D eigenvalue weighted by Crippen LogP contribution is 2.33. The Morgan fingerprint density at radius 3 is 2.10 bits per heavy atom. The van der Waals surface area contributed by atoms with Crippen LogP contribution in [0.5, 0.6) is 0 Å². The Hall–Kier alpha value is 0.760. The number of halogens is 4. The number of rotatable bonds is 3. The van der Waals surface area contributed by atoms with Crippen LogP contribution in [0.4, 0.5) is 4.39 Å². The van der Waals surface area contributed by atoms with Gasteiger partial charge in [0.1, 0.15) is 6.10 Å². The van der Waals surface area contributed by atoms with Gasteiger partial charge >= 0.3 is 0 Å². The average Bonchev–Trinajstić information content (AvgIpc) is 1.86. The minimum atomic E-state index is -2.43. The zero-order chi connectivity index (χ0) is 8.36. The van der Waals surface area contributed by atoms with Crippen LogP contribution in [0.2, 0.25) is 0 Å². The van der Waals surface area contributed by atoms with Crippen LogP contribution in [-0.2, 0) is 0 Å². The maximum Gasteiger partial charge on any atom is 0.238 e. The van der Waals surface area contributed by atoms with E-state index in [2.05, 4.69) is 0 Å². The van der Waals surface area contributed by atoms with Gasteiger partial charge in [0.05, 0.1) is 0 Å². The molecule has 0 saturated heterocycles. The minimum Gasteiger partial charge on any atom is -0.388 e. The van der Waals surface area contributed by atoms with E-state index in [-0.39, 0.29) is 6.42 Å². The smallest absolute Gasteiger partial charge is 0.238 e. The van der Waals surface area contributed by atoms with Gasteiger partial charge in [-0.2, -0.15) is 0 Å². The molecule has 0 saturated carbocycles. The molecule has 0 aromatic heterocycles. The maximum absolute atomic E-state index is 12.9. The molecule has 0 aliphatic rings. The quantitative estimate of drug-likeness (QED) is 0.708. The molecular formula is C5H8Cl3FO. The Morgan fingerprint density at radius 1 is 1.60 bits per heavy atom. The average molecular weight is 209 g/mol. The van der Waals surface area contributed by atoms with Crippen molar-refractivity contribution in [3.8, 4) is 0 Å². The van der Waals surface area contributed by atoms with Gasteiger partial charge in [0.25, 0.3) is 0 Å². The van der Waals surface area contributed by atoms with Gasteiger partial charge in [-0.1, -0.05) is 18.5 Å². The third-order valence-corrected chi connectivity index (χ3v) is 2.45. The predicted molar refractivity (Wildman–Crippen MR) is 41.5 cm³/mol. The molecule has 0 aliphatic heterocycles. The lowest BCUT2D eigenvalue weighted by Crippen LogP contribution is -2.37. The standard InChI is InChI=1S/C5H8Cl3FO/c1-2-3(10)5(8,9)4(6)7/h3-4,10H,2H2,1H3. The second kappa shape index (κ2) is 3.96. The number of hydrogen-bond donors (Lipinski definition) is 1. The molecule has 1 N–H and O–H groups in total. The Morgan fingerprint density at radius 2 is 2.00 bits per heavy atom. The van der Waals surface area contributed by atoms with E-state index in [0.717, 1.165) is 0 Å². The molecule has 62 valence electrons. The number of hydrogen-bond acceptors (Lipinski definition) is 1. The number of aliphatic hydroxyl groups is 1. The lowest BCUT2D eigenvalue weighted by molar-refractivity contribution is 0.0549. The molecule has 2 unspecified atom stereocenters. The summed E-state index contributed by atoms with van der Waals surface area (Å²) in [6.45, 7) is 1.58. The molecule has 5 heteroatoms. The third-order valence-electron chi connectivity index (χ3n) is 1.12. The Labute approximate surface area is 74.1 Å². The molecule has 0 rings (SSSR count). The van der Waals surface area contributed by atoms with Crippen LogP contribution in [0, 0.1) is 0 Å². The molecule has 2 atom stereocenters. The van der Waals surface area contributed by atoms with Crippen LogP contribution < -0.4 is 0 Å². The normalized spacial score (nSPS) is 20.7. The second-order valence-electron chi connectivity index (χ2n) is 1.90. The summed E-state index contributed by atoms with van der Waals surface area (Å²) in [4.78, 5) is -1.41. The molecule has 0 aromatic rings. The van der Waals surface area contributed by atoms with Gasteiger partial charge in [-0.15, -0.1) is 23.2 Å². The van der Waals surface area contributed by atoms with Crippen LogP contribution in [0.1, 0.15) is 13.3 Å². The molecule has 0 heterocycles. The fourth-order valence-electron chi connectivity index (χ4n) is 0.418. The summed E-state index contributed by atoms with van der Waals surface area (Å²) in [5.74, 6) is 0. The van der Waals surface area contributed by atoms with E-state index in [1.807, 2.05) is 0 Å². The first-order valence-corrected chi connectivity index (χ1v) is 4.02. The van der Waals surface area contributed by atoms with Gasteiger partial charge in [0.15, 0.2) is 4.84 Å². The summed E-state index contributed by atoms with van der Waals surface area (Å²) < 4.78 is 12.9. The summed E-state index contributed by atoms with van der Waals surface area (Å²) in [5.41, 5.74) is 0. The molecule has 10 heavy (non-hydrogen) atoms. The minimum absolute atomic E-state index is 0.177. The fraction of sp³-hybridized carbons (Fsp3) is 1.00. The van der Waals surface area contributed by atoms with Crippen LogP contribution in [0.25, 0.3) is 0 Å². The summed E-state index contributed by atoms with van der Waals surface area (Å²) in [6.07, 6.45) is -1.15. The predicted octanol–water partition coefficient (Wildman–Crippen LogP) is 2.47. The van der Waals surface area contributed by atoms with Gasteiger partial charge in [-0.25, -0.2) is 4.39 Å².